The van der Waals surface area contributed by atoms with Crippen molar-refractivity contribution < 1.29 is 114 Å². The second-order valence-corrected chi connectivity index (χ2v) is 11.3. The fourth-order valence-corrected chi connectivity index (χ4v) is 4.54. The molecule has 0 aromatic carbocycles. The van der Waals surface area contributed by atoms with Gasteiger partial charge in [0.1, 0.15) is 0 Å². The van der Waals surface area contributed by atoms with Crippen LogP contribution in [-0.4, -0.2) is 95.5 Å². The fraction of sp³-hybridized carbons (Fsp3) is 1.00. The van der Waals surface area contributed by atoms with Crippen LogP contribution in [0, 0.1) is 0 Å². The van der Waals surface area contributed by atoms with Crippen molar-refractivity contribution in [2.45, 2.75) is 77.9 Å². The van der Waals surface area contributed by atoms with Gasteiger partial charge in [-0.2, -0.15) is 101 Å². The molecule has 0 aromatic rings. The molecule has 0 aliphatic heterocycles. The van der Waals surface area contributed by atoms with Gasteiger partial charge in [-0.05, 0) is 0 Å². The first-order valence-corrected chi connectivity index (χ1v) is 11.8. The van der Waals surface area contributed by atoms with Crippen LogP contribution in [0.5, 0.6) is 0 Å². The molecule has 0 aliphatic carbocycles. The van der Waals surface area contributed by atoms with Crippen molar-refractivity contribution in [3.05, 3.63) is 0 Å². The van der Waals surface area contributed by atoms with Gasteiger partial charge < -0.3 is 13.3 Å². The average molecular weight is 718 g/mol. The molecule has 0 N–H and O–H groups in total. The molecule has 0 spiro atoms. The molecule has 0 radical (unpaired) electrons. The van der Waals surface area contributed by atoms with Gasteiger partial charge in [-0.15, -0.1) is 0 Å². The Balaban J connectivity index is 7.09. The van der Waals surface area contributed by atoms with Gasteiger partial charge >= 0.3 is 74.2 Å². The molecule has 3 nitrogen and oxygen atoms in total. The molecule has 0 unspecified atom stereocenters. The predicted octanol–water partition coefficient (Wildman–Crippen LogP) is 8.17. The van der Waals surface area contributed by atoms with E-state index in [4.69, 9.17) is 0 Å². The van der Waals surface area contributed by atoms with E-state index in [9.17, 15) is 101 Å². The van der Waals surface area contributed by atoms with Crippen molar-refractivity contribution in [3.63, 3.8) is 0 Å². The number of hydrogen-bond acceptors (Lipinski definition) is 3. The summed E-state index contributed by atoms with van der Waals surface area (Å²) in [5.74, 6) is -87.8. The molecule has 0 rings (SSSR count). The van der Waals surface area contributed by atoms with Crippen LogP contribution >= 0.6 is 0 Å². The number of hydrogen-bond donors (Lipinski definition) is 0. The number of halogens is 23. The van der Waals surface area contributed by atoms with Gasteiger partial charge in [0.15, 0.2) is 0 Å². The van der Waals surface area contributed by atoms with Gasteiger partial charge in [-0.25, -0.2) is 0 Å². The van der Waals surface area contributed by atoms with Crippen LogP contribution in [0.1, 0.15) is 6.42 Å². The largest absolute Gasteiger partial charge is 0.500 e. The molecule has 0 fully saturated rings. The first-order valence-electron chi connectivity index (χ1n) is 9.89. The van der Waals surface area contributed by atoms with Gasteiger partial charge in [0.2, 0.25) is 0 Å². The Bertz CT molecular complexity index is 962. The molecular weight excluding hydrogens is 705 g/mol. The summed E-state index contributed by atoms with van der Waals surface area (Å²) in [7, 11) is -2.94. The summed E-state index contributed by atoms with van der Waals surface area (Å²) in [6.07, 6.45) is -11.0. The quantitative estimate of drug-likeness (QED) is 0.126. The van der Waals surface area contributed by atoms with Crippen molar-refractivity contribution in [3.8, 4) is 0 Å². The second-order valence-electron chi connectivity index (χ2n) is 8.17. The van der Waals surface area contributed by atoms with Crippen LogP contribution in [0.25, 0.3) is 0 Å². The van der Waals surface area contributed by atoms with E-state index >= 15 is 0 Å². The maximum absolute atomic E-state index is 14.0. The minimum Gasteiger partial charge on any atom is -0.377 e. The Hall–Kier alpha value is -1.51. The van der Waals surface area contributed by atoms with Gasteiger partial charge in [-0.3, -0.25) is 0 Å². The highest BCUT2D eigenvalue weighted by Gasteiger charge is 2.98. The van der Waals surface area contributed by atoms with Gasteiger partial charge in [0.25, 0.3) is 0 Å². The third-order valence-corrected chi connectivity index (χ3v) is 8.38. The summed E-state index contributed by atoms with van der Waals surface area (Å²) in [6.45, 7) is 0. The van der Waals surface area contributed by atoms with Crippen LogP contribution < -0.4 is 0 Å². The minimum atomic E-state index is -9.42. The Morgan fingerprint density at radius 1 is 0.349 bits per heavy atom. The Morgan fingerprint density at radius 2 is 0.558 bits per heavy atom. The number of rotatable bonds is 15. The Labute approximate surface area is 223 Å². The third kappa shape index (κ3) is 5.49. The van der Waals surface area contributed by atoms with Crippen molar-refractivity contribution in [1.82, 2.24) is 0 Å². The third-order valence-electron chi connectivity index (χ3n) is 5.65. The summed E-state index contributed by atoms with van der Waals surface area (Å²) >= 11 is 0. The number of alkyl halides is 23. The van der Waals surface area contributed by atoms with E-state index in [0.29, 0.717) is 21.3 Å². The molecule has 0 heterocycles. The molecule has 260 valence electrons. The predicted molar refractivity (Wildman–Crippen MR) is 91.7 cm³/mol. The van der Waals surface area contributed by atoms with Crippen LogP contribution in [0.4, 0.5) is 101 Å². The molecule has 0 saturated carbocycles. The van der Waals surface area contributed by atoms with E-state index in [1.807, 2.05) is 0 Å². The maximum atomic E-state index is 14.0. The van der Waals surface area contributed by atoms with Crippen LogP contribution in [0.2, 0.25) is 6.04 Å². The highest BCUT2D eigenvalue weighted by Crippen LogP contribution is 2.67. The lowest BCUT2D eigenvalue weighted by atomic mass is 9.85. The standard InChI is InChI=1S/C16H13F23O3Si/c1-40-43(41-2,42-3)5-4-6(17,18)7(19,20)8(21,22)9(23,24)10(25,26)11(27,28)12(29,30)13(31,32)14(33,34)15(35,36)16(37,38)39/h4-5H2,1-3H3. The van der Waals surface area contributed by atoms with E-state index in [2.05, 4.69) is 13.3 Å². The Kier molecular flexibility index (Phi) is 10.7. The van der Waals surface area contributed by atoms with E-state index in [-0.39, 0.29) is 0 Å². The van der Waals surface area contributed by atoms with E-state index in [1.54, 1.807) is 0 Å². The molecule has 27 heteroatoms. The monoisotopic (exact) mass is 718 g/mol. The summed E-state index contributed by atoms with van der Waals surface area (Å²) in [5, 5.41) is 0. The SMILES string of the molecule is CO[Si](CCC(F)(F)C(F)(F)C(F)(F)C(F)(F)C(F)(F)C(F)(F)C(F)(F)C(F)(F)C(F)(F)C(F)(F)C(F)(F)F)(OC)OC. The highest BCUT2D eigenvalue weighted by atomic mass is 28.4. The van der Waals surface area contributed by atoms with E-state index in [1.165, 1.54) is 0 Å². The zero-order chi connectivity index (χ0) is 35.5. The zero-order valence-corrected chi connectivity index (χ0v) is 21.3. The zero-order valence-electron chi connectivity index (χ0n) is 20.3. The van der Waals surface area contributed by atoms with Gasteiger partial charge in [0.05, 0.1) is 0 Å². The van der Waals surface area contributed by atoms with Crippen molar-refractivity contribution in [2.75, 3.05) is 21.3 Å². The first-order chi connectivity index (χ1) is 18.4. The first kappa shape index (κ1) is 41.5. The maximum Gasteiger partial charge on any atom is 0.500 e. The van der Waals surface area contributed by atoms with Gasteiger partial charge in [0, 0.05) is 33.8 Å². The van der Waals surface area contributed by atoms with Crippen molar-refractivity contribution in [2.24, 2.45) is 0 Å². The Morgan fingerprint density at radius 3 is 0.767 bits per heavy atom. The van der Waals surface area contributed by atoms with E-state index in [0.717, 1.165) is 0 Å². The molecule has 43 heavy (non-hydrogen) atoms. The second kappa shape index (κ2) is 11.1. The summed E-state index contributed by atoms with van der Waals surface area (Å²) < 4.78 is 321. The molecular formula is C16H13F23O3Si. The normalized spacial score (nSPS) is 16.6. The summed E-state index contributed by atoms with van der Waals surface area (Å²) in [4.78, 5) is 0. The van der Waals surface area contributed by atoms with Crippen LogP contribution in [0.3, 0.4) is 0 Å². The van der Waals surface area contributed by atoms with Crippen molar-refractivity contribution in [1.29, 1.82) is 0 Å². The molecule has 0 bridgehead atoms. The lowest BCUT2D eigenvalue weighted by Crippen LogP contribution is -2.77. The van der Waals surface area contributed by atoms with Gasteiger partial charge in [-0.1, -0.05) is 0 Å². The highest BCUT2D eigenvalue weighted by molar-refractivity contribution is 6.60. The van der Waals surface area contributed by atoms with Crippen molar-refractivity contribution >= 4 is 8.80 Å². The lowest BCUT2D eigenvalue weighted by molar-refractivity contribution is -0.478. The topological polar surface area (TPSA) is 27.7 Å². The minimum absolute atomic E-state index is 0.547. The average Bonchev–Trinajstić information content (AvgIpc) is 2.83. The van der Waals surface area contributed by atoms with Crippen LogP contribution in [0.15, 0.2) is 0 Å². The fourth-order valence-electron chi connectivity index (χ4n) is 2.81. The smallest absolute Gasteiger partial charge is 0.377 e. The molecule has 0 amide bonds. The summed E-state index contributed by atoms with van der Waals surface area (Å²) in [5.41, 5.74) is 0. The van der Waals surface area contributed by atoms with Crippen LogP contribution in [-0.2, 0) is 13.3 Å². The lowest BCUT2D eigenvalue weighted by Gasteiger charge is -2.45. The molecule has 0 saturated heterocycles. The van der Waals surface area contributed by atoms with E-state index < -0.39 is 86.7 Å². The summed E-state index contributed by atoms with van der Waals surface area (Å²) in [6, 6.07) is -1.81. The molecule has 0 atom stereocenters. The molecule has 0 aliphatic rings. The molecule has 0 aromatic heterocycles.